The third-order valence-corrected chi connectivity index (χ3v) is 5.37. The summed E-state index contributed by atoms with van der Waals surface area (Å²) in [5.74, 6) is 0.138. The molecule has 0 bridgehead atoms. The van der Waals surface area contributed by atoms with E-state index in [1.807, 2.05) is 56.4 Å². The first-order valence-electron chi connectivity index (χ1n) is 9.39. The van der Waals surface area contributed by atoms with Gasteiger partial charge < -0.3 is 15.6 Å². The number of aromatic amines is 1. The molecule has 0 fully saturated rings. The van der Waals surface area contributed by atoms with Crippen molar-refractivity contribution in [3.8, 4) is 0 Å². The van der Waals surface area contributed by atoms with Crippen molar-refractivity contribution in [1.29, 1.82) is 0 Å². The lowest BCUT2D eigenvalue weighted by atomic mass is 10.1. The van der Waals surface area contributed by atoms with Crippen molar-refractivity contribution in [3.63, 3.8) is 0 Å². The molecule has 6 heteroatoms. The second-order valence-electron chi connectivity index (χ2n) is 6.87. The highest BCUT2D eigenvalue weighted by Crippen LogP contribution is 2.23. The lowest BCUT2D eigenvalue weighted by Crippen LogP contribution is -2.31. The SMILES string of the molecule is CC(C)NC(=O)CSc1ccccc1C(=O)NCCc1c[nH]c2ccccc12. The van der Waals surface area contributed by atoms with E-state index in [0.717, 1.165) is 16.8 Å². The second-order valence-corrected chi connectivity index (χ2v) is 7.89. The Morgan fingerprint density at radius 3 is 2.64 bits per heavy atom. The number of fused-ring (bicyclic) bond motifs is 1. The van der Waals surface area contributed by atoms with Crippen LogP contribution < -0.4 is 10.6 Å². The molecule has 2 aromatic carbocycles. The van der Waals surface area contributed by atoms with Crippen LogP contribution in [-0.4, -0.2) is 35.1 Å². The number of hydrogen-bond acceptors (Lipinski definition) is 3. The number of rotatable bonds is 8. The van der Waals surface area contributed by atoms with Gasteiger partial charge in [-0.2, -0.15) is 0 Å². The molecular formula is C22H25N3O2S. The van der Waals surface area contributed by atoms with Gasteiger partial charge in [0.05, 0.1) is 11.3 Å². The number of benzene rings is 2. The fourth-order valence-corrected chi connectivity index (χ4v) is 3.89. The Bertz CT molecular complexity index is 965. The van der Waals surface area contributed by atoms with Gasteiger partial charge >= 0.3 is 0 Å². The standard InChI is InChI=1S/C22H25N3O2S/c1-15(2)25-21(26)14-28-20-10-6-4-8-18(20)22(27)23-12-11-16-13-24-19-9-5-3-7-17(16)19/h3-10,13,15,24H,11-12,14H2,1-2H3,(H,23,27)(H,25,26). The van der Waals surface area contributed by atoms with Crippen molar-refractivity contribution < 1.29 is 9.59 Å². The summed E-state index contributed by atoms with van der Waals surface area (Å²) in [6, 6.07) is 15.6. The van der Waals surface area contributed by atoms with Crippen LogP contribution in [0.5, 0.6) is 0 Å². The largest absolute Gasteiger partial charge is 0.361 e. The zero-order valence-corrected chi connectivity index (χ0v) is 16.9. The molecule has 3 N–H and O–H groups in total. The molecule has 0 atom stereocenters. The molecule has 0 aliphatic carbocycles. The van der Waals surface area contributed by atoms with E-state index in [9.17, 15) is 9.59 Å². The van der Waals surface area contributed by atoms with E-state index < -0.39 is 0 Å². The quantitative estimate of drug-likeness (QED) is 0.509. The molecule has 1 heterocycles. The van der Waals surface area contributed by atoms with Crippen LogP contribution in [0.15, 0.2) is 59.6 Å². The Kier molecular flexibility index (Phi) is 6.76. The number of H-pyrrole nitrogens is 1. The topological polar surface area (TPSA) is 74.0 Å². The van der Waals surface area contributed by atoms with Gasteiger partial charge in [-0.15, -0.1) is 11.8 Å². The summed E-state index contributed by atoms with van der Waals surface area (Å²) in [6.07, 6.45) is 2.75. The van der Waals surface area contributed by atoms with Crippen molar-refractivity contribution in [2.24, 2.45) is 0 Å². The van der Waals surface area contributed by atoms with Gasteiger partial charge in [-0.1, -0.05) is 30.3 Å². The Hall–Kier alpha value is -2.73. The lowest BCUT2D eigenvalue weighted by molar-refractivity contribution is -0.119. The maximum Gasteiger partial charge on any atom is 0.252 e. The van der Waals surface area contributed by atoms with E-state index in [2.05, 4.69) is 21.7 Å². The number of hydrogen-bond donors (Lipinski definition) is 3. The minimum atomic E-state index is -0.118. The summed E-state index contributed by atoms with van der Waals surface area (Å²) >= 11 is 1.38. The van der Waals surface area contributed by atoms with E-state index in [4.69, 9.17) is 0 Å². The van der Waals surface area contributed by atoms with Crippen LogP contribution in [0, 0.1) is 0 Å². The Balaban J connectivity index is 1.57. The third kappa shape index (κ3) is 5.16. The van der Waals surface area contributed by atoms with E-state index >= 15 is 0 Å². The summed E-state index contributed by atoms with van der Waals surface area (Å²) in [5, 5.41) is 7.04. The smallest absolute Gasteiger partial charge is 0.252 e. The predicted molar refractivity (Wildman–Crippen MR) is 115 cm³/mol. The number of amides is 2. The molecule has 0 unspecified atom stereocenters. The number of nitrogens with one attached hydrogen (secondary N) is 3. The van der Waals surface area contributed by atoms with Crippen LogP contribution in [0.4, 0.5) is 0 Å². The molecule has 0 radical (unpaired) electrons. The maximum absolute atomic E-state index is 12.6. The van der Waals surface area contributed by atoms with E-state index in [-0.39, 0.29) is 23.6 Å². The normalized spacial score (nSPS) is 11.0. The van der Waals surface area contributed by atoms with Crippen molar-refractivity contribution in [1.82, 2.24) is 15.6 Å². The molecule has 0 saturated carbocycles. The van der Waals surface area contributed by atoms with Crippen LogP contribution in [-0.2, 0) is 11.2 Å². The molecule has 0 spiro atoms. The molecule has 0 saturated heterocycles. The van der Waals surface area contributed by atoms with Crippen molar-refractivity contribution in [2.45, 2.75) is 31.2 Å². The first kappa shape index (κ1) is 20.0. The van der Waals surface area contributed by atoms with Crippen LogP contribution in [0.25, 0.3) is 10.9 Å². The highest BCUT2D eigenvalue weighted by atomic mass is 32.2. The van der Waals surface area contributed by atoms with Crippen molar-refractivity contribution in [2.75, 3.05) is 12.3 Å². The average Bonchev–Trinajstić information content (AvgIpc) is 3.09. The zero-order chi connectivity index (χ0) is 19.9. The monoisotopic (exact) mass is 395 g/mol. The molecule has 28 heavy (non-hydrogen) atoms. The zero-order valence-electron chi connectivity index (χ0n) is 16.1. The van der Waals surface area contributed by atoms with Crippen molar-refractivity contribution in [3.05, 3.63) is 65.9 Å². The third-order valence-electron chi connectivity index (χ3n) is 4.29. The molecule has 5 nitrogen and oxygen atoms in total. The van der Waals surface area contributed by atoms with Crippen molar-refractivity contribution >= 4 is 34.5 Å². The van der Waals surface area contributed by atoms with Gasteiger partial charge in [-0.3, -0.25) is 9.59 Å². The van der Waals surface area contributed by atoms with E-state index in [0.29, 0.717) is 12.1 Å². The summed E-state index contributed by atoms with van der Waals surface area (Å²) in [5.41, 5.74) is 2.89. The number of carbonyl (C=O) groups excluding carboxylic acids is 2. The number of thioether (sulfide) groups is 1. The molecule has 1 aromatic heterocycles. The first-order valence-corrected chi connectivity index (χ1v) is 10.4. The van der Waals surface area contributed by atoms with E-state index in [1.54, 1.807) is 6.07 Å². The highest BCUT2D eigenvalue weighted by Gasteiger charge is 2.13. The lowest BCUT2D eigenvalue weighted by Gasteiger charge is -2.11. The summed E-state index contributed by atoms with van der Waals surface area (Å²) in [6.45, 7) is 4.41. The number of para-hydroxylation sites is 1. The average molecular weight is 396 g/mol. The molecular weight excluding hydrogens is 370 g/mol. The minimum Gasteiger partial charge on any atom is -0.361 e. The number of carbonyl (C=O) groups is 2. The van der Waals surface area contributed by atoms with Gasteiger partial charge in [0.15, 0.2) is 0 Å². The summed E-state index contributed by atoms with van der Waals surface area (Å²) in [4.78, 5) is 28.6. The fraction of sp³-hybridized carbons (Fsp3) is 0.273. The highest BCUT2D eigenvalue weighted by molar-refractivity contribution is 8.00. The van der Waals surface area contributed by atoms with Crippen LogP contribution >= 0.6 is 11.8 Å². The van der Waals surface area contributed by atoms with Gasteiger partial charge in [-0.05, 0) is 44.0 Å². The molecule has 146 valence electrons. The number of aromatic nitrogens is 1. The Labute approximate surface area is 169 Å². The second kappa shape index (κ2) is 9.46. The Morgan fingerprint density at radius 1 is 1.07 bits per heavy atom. The van der Waals surface area contributed by atoms with Gasteiger partial charge in [0.2, 0.25) is 5.91 Å². The van der Waals surface area contributed by atoms with Crippen LogP contribution in [0.2, 0.25) is 0 Å². The minimum absolute atomic E-state index is 0.0328. The molecule has 2 amide bonds. The molecule has 0 aliphatic heterocycles. The van der Waals surface area contributed by atoms with E-state index in [1.165, 1.54) is 22.7 Å². The van der Waals surface area contributed by atoms with Gasteiger partial charge in [0, 0.05) is 34.6 Å². The molecule has 3 rings (SSSR count). The van der Waals surface area contributed by atoms with Crippen LogP contribution in [0.1, 0.15) is 29.8 Å². The molecule has 3 aromatic rings. The van der Waals surface area contributed by atoms with Gasteiger partial charge in [0.25, 0.3) is 5.91 Å². The first-order chi connectivity index (χ1) is 13.5. The predicted octanol–water partition coefficient (Wildman–Crippen LogP) is 3.76. The summed E-state index contributed by atoms with van der Waals surface area (Å²) < 4.78 is 0. The molecule has 0 aliphatic rings. The maximum atomic E-state index is 12.6. The van der Waals surface area contributed by atoms with Gasteiger partial charge in [0.1, 0.15) is 0 Å². The Morgan fingerprint density at radius 2 is 1.82 bits per heavy atom. The summed E-state index contributed by atoms with van der Waals surface area (Å²) in [7, 11) is 0. The fourth-order valence-electron chi connectivity index (χ4n) is 3.03. The van der Waals surface area contributed by atoms with Crippen LogP contribution in [0.3, 0.4) is 0 Å². The van der Waals surface area contributed by atoms with Gasteiger partial charge in [-0.25, -0.2) is 0 Å².